The number of nitro benzene ring substituents is 1. The summed E-state index contributed by atoms with van der Waals surface area (Å²) < 4.78 is 32.7. The third kappa shape index (κ3) is 3.59. The first-order chi connectivity index (χ1) is 11.9. The largest absolute Gasteiger partial charge is 0.748 e. The van der Waals surface area contributed by atoms with Crippen LogP contribution < -0.4 is 0 Å². The molecule has 1 aromatic carbocycles. The van der Waals surface area contributed by atoms with E-state index in [1.165, 1.54) is 24.3 Å². The van der Waals surface area contributed by atoms with Crippen molar-refractivity contribution in [2.24, 2.45) is 16.7 Å². The number of rotatable bonds is 3. The number of hydrogen-bond donors (Lipinski definition) is 0. The van der Waals surface area contributed by atoms with Crippen molar-refractivity contribution in [2.75, 3.05) is 5.75 Å². The first-order valence-electron chi connectivity index (χ1n) is 7.99. The van der Waals surface area contributed by atoms with Crippen LogP contribution in [0.15, 0.2) is 24.3 Å². The quantitative estimate of drug-likeness (QED) is 0.338. The molecule has 0 heterocycles. The number of fused-ring (bicyclic) bond motifs is 2. The Bertz CT molecular complexity index is 872. The van der Waals surface area contributed by atoms with Crippen LogP contribution in [-0.4, -0.2) is 29.4 Å². The summed E-state index contributed by atoms with van der Waals surface area (Å²) in [6, 6.07) is 5.26. The molecule has 0 saturated heterocycles. The van der Waals surface area contributed by atoms with Crippen LogP contribution in [0.5, 0.6) is 0 Å². The molecule has 0 unspecified atom stereocenters. The van der Waals surface area contributed by atoms with Crippen LogP contribution in [0.1, 0.15) is 33.1 Å². The van der Waals surface area contributed by atoms with Gasteiger partial charge in [0.1, 0.15) is 5.78 Å². The fourth-order valence-electron chi connectivity index (χ4n) is 4.05. The highest BCUT2D eigenvalue weighted by molar-refractivity contribution is 7.85. The SMILES string of the molecule is CC1(C)[C@H]2CC[C@]1(CS(=O)(=O)[O-])C(=O)C2.N#[N+]c1ccc([N+](=O)[O-])cc1. The maximum atomic E-state index is 11.8. The van der Waals surface area contributed by atoms with Gasteiger partial charge in [-0.1, -0.05) is 13.8 Å². The third-order valence-corrected chi connectivity index (χ3v) is 6.58. The van der Waals surface area contributed by atoms with Crippen molar-refractivity contribution in [1.29, 1.82) is 5.39 Å². The highest BCUT2D eigenvalue weighted by atomic mass is 32.2. The number of hydrogen-bond acceptors (Lipinski definition) is 7. The molecule has 10 heteroatoms. The Morgan fingerprint density at radius 2 is 1.88 bits per heavy atom. The third-order valence-electron chi connectivity index (χ3n) is 5.74. The number of nitro groups is 1. The molecule has 1 aromatic rings. The van der Waals surface area contributed by atoms with E-state index in [0.29, 0.717) is 18.5 Å². The molecule has 2 fully saturated rings. The van der Waals surface area contributed by atoms with E-state index in [-0.39, 0.29) is 22.8 Å². The number of non-ortho nitro benzene ring substituents is 1. The normalized spacial score (nSPS) is 25.9. The van der Waals surface area contributed by atoms with Gasteiger partial charge in [-0.05, 0) is 24.2 Å². The molecule has 2 bridgehead atoms. The van der Waals surface area contributed by atoms with Crippen molar-refractivity contribution in [1.82, 2.24) is 0 Å². The van der Waals surface area contributed by atoms with Crippen LogP contribution in [0.2, 0.25) is 0 Å². The Morgan fingerprint density at radius 1 is 1.31 bits per heavy atom. The van der Waals surface area contributed by atoms with Crippen molar-refractivity contribution in [3.63, 3.8) is 0 Å². The van der Waals surface area contributed by atoms with Gasteiger partial charge in [0.05, 0.1) is 20.8 Å². The van der Waals surface area contributed by atoms with Crippen LogP contribution in [0, 0.1) is 32.3 Å². The lowest BCUT2D eigenvalue weighted by molar-refractivity contribution is -0.384. The van der Waals surface area contributed by atoms with E-state index in [4.69, 9.17) is 5.39 Å². The number of benzene rings is 1. The van der Waals surface area contributed by atoms with Crippen molar-refractivity contribution < 1.29 is 22.7 Å². The van der Waals surface area contributed by atoms with Gasteiger partial charge in [-0.25, -0.2) is 8.42 Å². The van der Waals surface area contributed by atoms with Crippen molar-refractivity contribution in [2.45, 2.75) is 33.1 Å². The summed E-state index contributed by atoms with van der Waals surface area (Å²) in [6.07, 6.45) is 1.88. The molecule has 9 nitrogen and oxygen atoms in total. The maximum absolute atomic E-state index is 11.8. The molecule has 0 N–H and O–H groups in total. The molecule has 0 amide bonds. The van der Waals surface area contributed by atoms with E-state index in [9.17, 15) is 27.9 Å². The Balaban J connectivity index is 0.000000197. The summed E-state index contributed by atoms with van der Waals surface area (Å²) in [7, 11) is -4.33. The molecule has 2 atom stereocenters. The van der Waals surface area contributed by atoms with E-state index < -0.39 is 26.2 Å². The van der Waals surface area contributed by atoms with Crippen molar-refractivity contribution in [3.05, 3.63) is 39.4 Å². The molecule has 0 spiro atoms. The molecule has 3 rings (SSSR count). The minimum Gasteiger partial charge on any atom is -0.748 e. The summed E-state index contributed by atoms with van der Waals surface area (Å²) in [6.45, 7) is 3.83. The zero-order valence-corrected chi connectivity index (χ0v) is 15.2. The highest BCUT2D eigenvalue weighted by Gasteiger charge is 2.64. The number of diazo groups is 1. The molecule has 0 radical (unpaired) electrons. The van der Waals surface area contributed by atoms with E-state index in [2.05, 4.69) is 4.98 Å². The van der Waals surface area contributed by atoms with Crippen LogP contribution >= 0.6 is 0 Å². The summed E-state index contributed by atoms with van der Waals surface area (Å²) in [5, 5.41) is 18.3. The van der Waals surface area contributed by atoms with Crippen LogP contribution in [0.25, 0.3) is 4.98 Å². The van der Waals surface area contributed by atoms with Gasteiger partial charge in [0.2, 0.25) is 5.39 Å². The Morgan fingerprint density at radius 3 is 2.23 bits per heavy atom. The van der Waals surface area contributed by atoms with Crippen molar-refractivity contribution >= 4 is 27.3 Å². The van der Waals surface area contributed by atoms with Gasteiger partial charge in [0, 0.05) is 36.1 Å². The molecular weight excluding hydrogens is 362 g/mol. The number of Topliss-reactive ketones (excluding diaryl/α,β-unsaturated/α-hetero) is 1. The summed E-state index contributed by atoms with van der Waals surface area (Å²) in [4.78, 5) is 24.3. The topological polar surface area (TPSA) is 146 Å². The molecule has 2 saturated carbocycles. The fraction of sp³-hybridized carbons (Fsp3) is 0.562. The van der Waals surface area contributed by atoms with Crippen LogP contribution in [0.4, 0.5) is 11.4 Å². The second-order valence-corrected chi connectivity index (χ2v) is 8.65. The predicted molar refractivity (Wildman–Crippen MR) is 91.0 cm³/mol. The second kappa shape index (κ2) is 6.74. The van der Waals surface area contributed by atoms with E-state index in [0.717, 1.165) is 6.42 Å². The van der Waals surface area contributed by atoms with Gasteiger partial charge in [-0.2, -0.15) is 0 Å². The number of carbonyl (C=O) groups excluding carboxylic acids is 1. The highest BCUT2D eigenvalue weighted by Crippen LogP contribution is 2.64. The minimum absolute atomic E-state index is 0.0163. The number of ketones is 1. The van der Waals surface area contributed by atoms with E-state index in [1.807, 2.05) is 13.8 Å². The molecule has 2 aliphatic carbocycles. The fourth-order valence-corrected chi connectivity index (χ4v) is 5.33. The summed E-state index contributed by atoms with van der Waals surface area (Å²) >= 11 is 0. The molecule has 0 aliphatic heterocycles. The van der Waals surface area contributed by atoms with Crippen LogP contribution in [-0.2, 0) is 14.9 Å². The smallest absolute Gasteiger partial charge is 0.385 e. The van der Waals surface area contributed by atoms with E-state index in [1.54, 1.807) is 0 Å². The lowest BCUT2D eigenvalue weighted by atomic mass is 9.70. The Hall–Kier alpha value is -2.38. The zero-order valence-electron chi connectivity index (χ0n) is 14.4. The first-order valence-corrected chi connectivity index (χ1v) is 9.57. The molecular formula is C16H19N3O6S. The standard InChI is InChI=1S/C10H16O4S.C6H4N3O2/c1-9(2)7-3-4-10(9,8(11)5-7)6-15(12,13)14;7-8-5-1-3-6(4-2-5)9(10)11/h7H,3-6H2,1-2H3,(H,12,13,14);1-4H/q;+1/p-1/t7-,10-;/m0./s1. The van der Waals surface area contributed by atoms with Gasteiger partial charge in [-0.15, -0.1) is 0 Å². The molecule has 26 heavy (non-hydrogen) atoms. The average molecular weight is 381 g/mol. The number of nitrogens with zero attached hydrogens (tertiary/aromatic N) is 3. The molecule has 2 aliphatic rings. The summed E-state index contributed by atoms with van der Waals surface area (Å²) in [5.74, 6) is -0.280. The van der Waals surface area contributed by atoms with Gasteiger partial charge < -0.3 is 4.55 Å². The predicted octanol–water partition coefficient (Wildman–Crippen LogP) is 3.01. The maximum Gasteiger partial charge on any atom is 0.385 e. The average Bonchev–Trinajstić information content (AvgIpc) is 2.88. The zero-order chi connectivity index (χ0) is 19.8. The van der Waals surface area contributed by atoms with Crippen molar-refractivity contribution in [3.8, 4) is 0 Å². The Labute approximate surface area is 150 Å². The molecule has 0 aromatic heterocycles. The summed E-state index contributed by atoms with van der Waals surface area (Å²) in [5.41, 5.74) is -0.937. The Kier molecular flexibility index (Phi) is 5.17. The van der Waals surface area contributed by atoms with Gasteiger partial charge in [0.15, 0.2) is 4.98 Å². The van der Waals surface area contributed by atoms with E-state index >= 15 is 0 Å². The monoisotopic (exact) mass is 381 g/mol. The molecule has 140 valence electrons. The minimum atomic E-state index is -4.33. The van der Waals surface area contributed by atoms with Gasteiger partial charge in [-0.3, -0.25) is 14.9 Å². The first kappa shape index (κ1) is 19.9. The van der Waals surface area contributed by atoms with Crippen LogP contribution in [0.3, 0.4) is 0 Å². The lowest BCUT2D eigenvalue weighted by Gasteiger charge is -2.37. The lowest BCUT2D eigenvalue weighted by Crippen LogP contribution is -2.42. The van der Waals surface area contributed by atoms with Gasteiger partial charge in [0.25, 0.3) is 5.69 Å². The number of carbonyl (C=O) groups is 1. The van der Waals surface area contributed by atoms with Gasteiger partial charge >= 0.3 is 5.69 Å². The second-order valence-electron chi connectivity index (χ2n) is 7.24.